The normalized spacial score (nSPS) is 49.0. The Labute approximate surface area is 136 Å². The van der Waals surface area contributed by atoms with E-state index < -0.39 is 74.6 Å². The molecule has 0 aromatic heterocycles. The molecule has 12 heteroatoms. The zero-order chi connectivity index (χ0) is 17.4. The molecular formula is C12H24O12. The lowest BCUT2D eigenvalue weighted by Crippen LogP contribution is -2.59. The third kappa shape index (κ3) is 3.85. The molecule has 2 saturated heterocycles. The highest BCUT2D eigenvalue weighted by molar-refractivity contribution is 4.95. The van der Waals surface area contributed by atoms with Gasteiger partial charge in [-0.2, -0.15) is 0 Å². The van der Waals surface area contributed by atoms with Crippen molar-refractivity contribution < 1.29 is 60.5 Å². The van der Waals surface area contributed by atoms with Crippen molar-refractivity contribution in [2.75, 3.05) is 19.8 Å². The van der Waals surface area contributed by atoms with Crippen molar-refractivity contribution in [1.29, 1.82) is 0 Å². The topological polar surface area (TPSA) is 221 Å². The molecule has 0 aromatic rings. The van der Waals surface area contributed by atoms with E-state index in [2.05, 4.69) is 0 Å². The molecule has 0 aromatic carbocycles. The van der Waals surface area contributed by atoms with Gasteiger partial charge in [0.15, 0.2) is 6.29 Å². The SMILES string of the molecule is O.OC[C@H]1O[C@H](OC[C@H]2OC(O)(CO)[C@@H](O)[C@@H]2O)[C@H](O)[C@@H](O)[C@@H]1O. The van der Waals surface area contributed by atoms with E-state index in [-0.39, 0.29) is 5.48 Å². The second-order valence-electron chi connectivity index (χ2n) is 5.63. The largest absolute Gasteiger partial charge is 0.412 e. The molecule has 0 amide bonds. The summed E-state index contributed by atoms with van der Waals surface area (Å²) in [5, 5.41) is 76.1. The summed E-state index contributed by atoms with van der Waals surface area (Å²) in [6, 6.07) is 0. The van der Waals surface area contributed by atoms with Crippen molar-refractivity contribution in [3.05, 3.63) is 0 Å². The maximum atomic E-state index is 9.78. The van der Waals surface area contributed by atoms with Crippen molar-refractivity contribution in [3.8, 4) is 0 Å². The van der Waals surface area contributed by atoms with Crippen LogP contribution in [0.3, 0.4) is 0 Å². The van der Waals surface area contributed by atoms with E-state index in [9.17, 15) is 30.6 Å². The highest BCUT2D eigenvalue weighted by Crippen LogP contribution is 2.30. The average molecular weight is 360 g/mol. The van der Waals surface area contributed by atoms with Gasteiger partial charge < -0.3 is 60.5 Å². The van der Waals surface area contributed by atoms with E-state index in [1.807, 2.05) is 0 Å². The fourth-order valence-electron chi connectivity index (χ4n) is 2.53. The molecule has 2 aliphatic rings. The van der Waals surface area contributed by atoms with Crippen LogP contribution in [-0.4, -0.2) is 121 Å². The van der Waals surface area contributed by atoms with E-state index in [0.29, 0.717) is 0 Å². The molecule has 144 valence electrons. The van der Waals surface area contributed by atoms with Gasteiger partial charge in [0, 0.05) is 0 Å². The molecule has 0 bridgehead atoms. The number of aliphatic hydroxyl groups is 8. The average Bonchev–Trinajstić information content (AvgIpc) is 2.77. The first-order valence-electron chi connectivity index (χ1n) is 7.04. The molecule has 2 fully saturated rings. The minimum atomic E-state index is -2.34. The third-order valence-electron chi connectivity index (χ3n) is 4.02. The molecule has 12 nitrogen and oxygen atoms in total. The Balaban J connectivity index is 0.00000288. The Morgan fingerprint density at radius 3 is 2.00 bits per heavy atom. The summed E-state index contributed by atoms with van der Waals surface area (Å²) < 4.78 is 15.2. The first kappa shape index (κ1) is 21.6. The van der Waals surface area contributed by atoms with Crippen LogP contribution in [0.1, 0.15) is 0 Å². The van der Waals surface area contributed by atoms with Crippen LogP contribution in [0.4, 0.5) is 0 Å². The number of hydrogen-bond donors (Lipinski definition) is 8. The van der Waals surface area contributed by atoms with Crippen LogP contribution in [0.15, 0.2) is 0 Å². The van der Waals surface area contributed by atoms with E-state index in [1.54, 1.807) is 0 Å². The highest BCUT2D eigenvalue weighted by Gasteiger charge is 2.53. The lowest BCUT2D eigenvalue weighted by Gasteiger charge is -2.39. The lowest BCUT2D eigenvalue weighted by molar-refractivity contribution is -0.310. The summed E-state index contributed by atoms with van der Waals surface area (Å²) in [6.07, 6.45) is -12.0. The summed E-state index contributed by atoms with van der Waals surface area (Å²) in [5.74, 6) is -2.34. The molecule has 24 heavy (non-hydrogen) atoms. The number of hydrogen-bond acceptors (Lipinski definition) is 11. The van der Waals surface area contributed by atoms with Crippen molar-refractivity contribution in [2.45, 2.75) is 54.8 Å². The third-order valence-corrected chi connectivity index (χ3v) is 4.02. The summed E-state index contributed by atoms with van der Waals surface area (Å²) in [6.45, 7) is -2.05. The predicted octanol–water partition coefficient (Wildman–Crippen LogP) is -6.22. The predicted molar refractivity (Wildman–Crippen MR) is 72.3 cm³/mol. The Morgan fingerprint density at radius 1 is 0.875 bits per heavy atom. The smallest absolute Gasteiger partial charge is 0.219 e. The van der Waals surface area contributed by atoms with Crippen LogP contribution in [-0.2, 0) is 14.2 Å². The van der Waals surface area contributed by atoms with Crippen LogP contribution in [0, 0.1) is 0 Å². The number of rotatable bonds is 5. The summed E-state index contributed by atoms with van der Waals surface area (Å²) >= 11 is 0. The molecule has 9 atom stereocenters. The van der Waals surface area contributed by atoms with Gasteiger partial charge in [-0.15, -0.1) is 0 Å². The molecular weight excluding hydrogens is 336 g/mol. The van der Waals surface area contributed by atoms with Crippen LogP contribution < -0.4 is 0 Å². The first-order chi connectivity index (χ1) is 10.7. The van der Waals surface area contributed by atoms with Gasteiger partial charge in [-0.05, 0) is 0 Å². The maximum absolute atomic E-state index is 9.78. The molecule has 0 spiro atoms. The van der Waals surface area contributed by atoms with Crippen LogP contribution in [0.2, 0.25) is 0 Å². The molecule has 0 saturated carbocycles. The van der Waals surface area contributed by atoms with Gasteiger partial charge in [-0.3, -0.25) is 0 Å². The number of ether oxygens (including phenoxy) is 3. The zero-order valence-corrected chi connectivity index (χ0v) is 12.5. The molecule has 2 heterocycles. The van der Waals surface area contributed by atoms with Crippen molar-refractivity contribution >= 4 is 0 Å². The quantitative estimate of drug-likeness (QED) is 0.230. The summed E-state index contributed by atoms with van der Waals surface area (Å²) in [7, 11) is 0. The Kier molecular flexibility index (Phi) is 7.43. The molecule has 10 N–H and O–H groups in total. The lowest BCUT2D eigenvalue weighted by atomic mass is 9.99. The van der Waals surface area contributed by atoms with Gasteiger partial charge in [0.1, 0.15) is 42.7 Å². The van der Waals surface area contributed by atoms with Gasteiger partial charge in [-0.1, -0.05) is 0 Å². The fourth-order valence-corrected chi connectivity index (χ4v) is 2.53. The fraction of sp³-hybridized carbons (Fsp3) is 1.00. The van der Waals surface area contributed by atoms with Crippen LogP contribution >= 0.6 is 0 Å². The van der Waals surface area contributed by atoms with Gasteiger partial charge in [0.2, 0.25) is 5.79 Å². The monoisotopic (exact) mass is 360 g/mol. The first-order valence-corrected chi connectivity index (χ1v) is 7.04. The number of aliphatic hydroxyl groups excluding tert-OH is 7. The molecule has 2 aliphatic heterocycles. The second kappa shape index (κ2) is 8.27. The Hall–Kier alpha value is -0.480. The van der Waals surface area contributed by atoms with Crippen LogP contribution in [0.25, 0.3) is 0 Å². The Morgan fingerprint density at radius 2 is 1.50 bits per heavy atom. The zero-order valence-electron chi connectivity index (χ0n) is 12.5. The van der Waals surface area contributed by atoms with E-state index in [0.717, 1.165) is 0 Å². The van der Waals surface area contributed by atoms with E-state index >= 15 is 0 Å². The van der Waals surface area contributed by atoms with Crippen LogP contribution in [0.5, 0.6) is 0 Å². The van der Waals surface area contributed by atoms with Crippen molar-refractivity contribution in [2.24, 2.45) is 0 Å². The maximum Gasteiger partial charge on any atom is 0.219 e. The van der Waals surface area contributed by atoms with Crippen molar-refractivity contribution in [1.82, 2.24) is 0 Å². The summed E-state index contributed by atoms with van der Waals surface area (Å²) in [5.41, 5.74) is 0. The van der Waals surface area contributed by atoms with Gasteiger partial charge in [0.25, 0.3) is 0 Å². The Bertz CT molecular complexity index is 394. The summed E-state index contributed by atoms with van der Waals surface area (Å²) in [4.78, 5) is 0. The van der Waals surface area contributed by atoms with E-state index in [4.69, 9.17) is 24.4 Å². The minimum Gasteiger partial charge on any atom is -0.412 e. The minimum absolute atomic E-state index is 0. The van der Waals surface area contributed by atoms with E-state index in [1.165, 1.54) is 0 Å². The van der Waals surface area contributed by atoms with Gasteiger partial charge in [-0.25, -0.2) is 0 Å². The van der Waals surface area contributed by atoms with Gasteiger partial charge >= 0.3 is 0 Å². The molecule has 2 rings (SSSR count). The van der Waals surface area contributed by atoms with Crippen molar-refractivity contribution in [3.63, 3.8) is 0 Å². The molecule has 0 aliphatic carbocycles. The standard InChI is InChI=1S/C12H22O11.H2O/c13-1-4-6(15)8(17)9(18)11(22-4)21-2-5-7(16)10(19)12(20,3-14)23-5;/h4-11,13-20H,1-3H2;1H2/t4-,5-,6-,7-,8+,9-,10+,11+,12?;/m1./s1. The second-order valence-corrected chi connectivity index (χ2v) is 5.63. The van der Waals surface area contributed by atoms with Gasteiger partial charge in [0.05, 0.1) is 19.8 Å². The molecule has 0 radical (unpaired) electrons. The molecule has 1 unspecified atom stereocenters. The highest BCUT2D eigenvalue weighted by atomic mass is 16.7.